The minimum absolute atomic E-state index is 0.148. The lowest BCUT2D eigenvalue weighted by Gasteiger charge is -2.32. The summed E-state index contributed by atoms with van der Waals surface area (Å²) >= 11 is 0. The van der Waals surface area contributed by atoms with E-state index < -0.39 is 0 Å². The lowest BCUT2D eigenvalue weighted by Crippen LogP contribution is -2.46. The molecule has 0 aromatic carbocycles. The summed E-state index contributed by atoms with van der Waals surface area (Å²) in [5.74, 6) is 0. The highest BCUT2D eigenvalue weighted by Gasteiger charge is 2.41. The summed E-state index contributed by atoms with van der Waals surface area (Å²) in [6, 6.07) is 0.583. The molecule has 1 aliphatic carbocycles. The van der Waals surface area contributed by atoms with Gasteiger partial charge in [-0.15, -0.1) is 0 Å². The van der Waals surface area contributed by atoms with Gasteiger partial charge in [0.15, 0.2) is 0 Å². The normalized spacial score (nSPS) is 22.3. The average Bonchev–Trinajstić information content (AvgIpc) is 3.18. The first-order valence-electron chi connectivity index (χ1n) is 7.84. The highest BCUT2D eigenvalue weighted by atomic mass is 16.6. The van der Waals surface area contributed by atoms with Crippen LogP contribution in [-0.2, 0) is 4.74 Å². The van der Waals surface area contributed by atoms with Crippen LogP contribution in [0.2, 0.25) is 0 Å². The Hall–Kier alpha value is -0.770. The summed E-state index contributed by atoms with van der Waals surface area (Å²) in [5, 5.41) is 3.72. The van der Waals surface area contributed by atoms with E-state index in [-0.39, 0.29) is 6.09 Å². The molecule has 1 heterocycles. The molecular weight excluding hydrogens is 240 g/mol. The maximum absolute atomic E-state index is 11.6. The third-order valence-electron chi connectivity index (χ3n) is 4.52. The molecule has 0 bridgehead atoms. The van der Waals surface area contributed by atoms with Crippen molar-refractivity contribution in [2.75, 3.05) is 26.2 Å². The van der Waals surface area contributed by atoms with E-state index in [4.69, 9.17) is 4.74 Å². The summed E-state index contributed by atoms with van der Waals surface area (Å²) in [6.45, 7) is 7.43. The van der Waals surface area contributed by atoms with E-state index in [0.717, 1.165) is 25.9 Å². The van der Waals surface area contributed by atoms with Crippen LogP contribution in [0.15, 0.2) is 0 Å². The maximum atomic E-state index is 11.6. The Morgan fingerprint density at radius 1 is 1.32 bits per heavy atom. The van der Waals surface area contributed by atoms with E-state index in [9.17, 15) is 4.79 Å². The molecule has 1 amide bonds. The fraction of sp³-hybridized carbons (Fsp3) is 0.933. The van der Waals surface area contributed by atoms with Crippen molar-refractivity contribution in [2.45, 2.75) is 58.4 Å². The van der Waals surface area contributed by atoms with Gasteiger partial charge < -0.3 is 15.0 Å². The predicted octanol–water partition coefficient (Wildman–Crippen LogP) is 2.78. The van der Waals surface area contributed by atoms with Crippen molar-refractivity contribution in [3.8, 4) is 0 Å². The zero-order valence-electron chi connectivity index (χ0n) is 12.4. The quantitative estimate of drug-likeness (QED) is 0.805. The van der Waals surface area contributed by atoms with Gasteiger partial charge in [-0.3, -0.25) is 0 Å². The van der Waals surface area contributed by atoms with Crippen molar-refractivity contribution in [3.05, 3.63) is 0 Å². The number of hydrogen-bond acceptors (Lipinski definition) is 3. The predicted molar refractivity (Wildman–Crippen MR) is 76.2 cm³/mol. The average molecular weight is 268 g/mol. The highest BCUT2D eigenvalue weighted by molar-refractivity contribution is 5.67. The van der Waals surface area contributed by atoms with Gasteiger partial charge >= 0.3 is 6.09 Å². The standard InChI is InChI=1S/C15H28N2O2/c1-3-7-15(8-9-15)12-16-13-5-10-17(11-6-13)14(18)19-4-2/h13,16H,3-12H2,1-2H3. The molecule has 0 radical (unpaired) electrons. The molecule has 0 aromatic heterocycles. The third kappa shape index (κ3) is 4.10. The molecule has 0 aromatic rings. The summed E-state index contributed by atoms with van der Waals surface area (Å²) in [4.78, 5) is 13.4. The third-order valence-corrected chi connectivity index (χ3v) is 4.52. The zero-order chi connectivity index (χ0) is 13.7. The minimum Gasteiger partial charge on any atom is -0.450 e. The fourth-order valence-corrected chi connectivity index (χ4v) is 3.06. The highest BCUT2D eigenvalue weighted by Crippen LogP contribution is 2.49. The number of nitrogens with zero attached hydrogens (tertiary/aromatic N) is 1. The van der Waals surface area contributed by atoms with Crippen molar-refractivity contribution in [1.29, 1.82) is 0 Å². The molecule has 4 heteroatoms. The number of carbonyl (C=O) groups excluding carboxylic acids is 1. The molecule has 1 saturated carbocycles. The van der Waals surface area contributed by atoms with E-state index in [1.165, 1.54) is 32.2 Å². The Morgan fingerprint density at radius 3 is 2.53 bits per heavy atom. The van der Waals surface area contributed by atoms with E-state index in [1.54, 1.807) is 0 Å². The van der Waals surface area contributed by atoms with E-state index in [1.807, 2.05) is 11.8 Å². The van der Waals surface area contributed by atoms with Crippen LogP contribution >= 0.6 is 0 Å². The van der Waals surface area contributed by atoms with Crippen molar-refractivity contribution in [3.63, 3.8) is 0 Å². The second kappa shape index (κ2) is 6.60. The van der Waals surface area contributed by atoms with Crippen LogP contribution in [0.25, 0.3) is 0 Å². The zero-order valence-corrected chi connectivity index (χ0v) is 12.4. The Morgan fingerprint density at radius 2 is 2.00 bits per heavy atom. The van der Waals surface area contributed by atoms with Crippen molar-refractivity contribution in [2.24, 2.45) is 5.41 Å². The Labute approximate surface area is 116 Å². The Bertz CT molecular complexity index is 295. The maximum Gasteiger partial charge on any atom is 0.409 e. The van der Waals surface area contributed by atoms with Gasteiger partial charge in [0.25, 0.3) is 0 Å². The number of piperidine rings is 1. The first kappa shape index (κ1) is 14.6. The van der Waals surface area contributed by atoms with Crippen LogP contribution in [0.4, 0.5) is 4.79 Å². The second-order valence-electron chi connectivity index (χ2n) is 6.09. The summed E-state index contributed by atoms with van der Waals surface area (Å²) in [6.07, 6.45) is 7.42. The minimum atomic E-state index is -0.148. The van der Waals surface area contributed by atoms with Crippen LogP contribution in [0.3, 0.4) is 0 Å². The molecule has 19 heavy (non-hydrogen) atoms. The second-order valence-corrected chi connectivity index (χ2v) is 6.09. The van der Waals surface area contributed by atoms with Gasteiger partial charge in [-0.2, -0.15) is 0 Å². The molecular formula is C15H28N2O2. The molecule has 1 N–H and O–H groups in total. The molecule has 4 nitrogen and oxygen atoms in total. The van der Waals surface area contributed by atoms with Gasteiger partial charge in [0.05, 0.1) is 6.61 Å². The van der Waals surface area contributed by atoms with Gasteiger partial charge in [-0.1, -0.05) is 13.3 Å². The smallest absolute Gasteiger partial charge is 0.409 e. The SMILES string of the molecule is CCCC1(CNC2CCN(C(=O)OCC)CC2)CC1. The number of amides is 1. The number of likely N-dealkylation sites (tertiary alicyclic amines) is 1. The lowest BCUT2D eigenvalue weighted by molar-refractivity contribution is 0.0946. The molecule has 1 saturated heterocycles. The van der Waals surface area contributed by atoms with E-state index in [0.29, 0.717) is 18.1 Å². The van der Waals surface area contributed by atoms with Gasteiger partial charge in [0, 0.05) is 25.7 Å². The van der Waals surface area contributed by atoms with Crippen LogP contribution in [0.5, 0.6) is 0 Å². The van der Waals surface area contributed by atoms with Gasteiger partial charge in [-0.05, 0) is 44.4 Å². The number of carbonyl (C=O) groups is 1. The number of hydrogen-bond donors (Lipinski definition) is 1. The number of nitrogens with one attached hydrogen (secondary N) is 1. The fourth-order valence-electron chi connectivity index (χ4n) is 3.06. The summed E-state index contributed by atoms with van der Waals surface area (Å²) < 4.78 is 5.04. The summed E-state index contributed by atoms with van der Waals surface area (Å²) in [7, 11) is 0. The first-order valence-corrected chi connectivity index (χ1v) is 7.84. The molecule has 2 rings (SSSR count). The van der Waals surface area contributed by atoms with Crippen molar-refractivity contribution >= 4 is 6.09 Å². The van der Waals surface area contributed by atoms with Crippen LogP contribution < -0.4 is 5.32 Å². The van der Waals surface area contributed by atoms with Gasteiger partial charge in [0.1, 0.15) is 0 Å². The van der Waals surface area contributed by atoms with Crippen molar-refractivity contribution in [1.82, 2.24) is 10.2 Å². The summed E-state index contributed by atoms with van der Waals surface area (Å²) in [5.41, 5.74) is 0.618. The molecule has 1 aliphatic heterocycles. The molecule has 0 spiro atoms. The molecule has 2 fully saturated rings. The van der Waals surface area contributed by atoms with Crippen LogP contribution in [0, 0.1) is 5.41 Å². The monoisotopic (exact) mass is 268 g/mol. The van der Waals surface area contributed by atoms with Crippen molar-refractivity contribution < 1.29 is 9.53 Å². The number of rotatable bonds is 6. The van der Waals surface area contributed by atoms with Gasteiger partial charge in [-0.25, -0.2) is 4.79 Å². The molecule has 0 unspecified atom stereocenters. The molecule has 110 valence electrons. The van der Waals surface area contributed by atoms with Gasteiger partial charge in [0.2, 0.25) is 0 Å². The number of ether oxygens (including phenoxy) is 1. The topological polar surface area (TPSA) is 41.6 Å². The first-order chi connectivity index (χ1) is 9.19. The lowest BCUT2D eigenvalue weighted by atomic mass is 9.98. The Kier molecular flexibility index (Phi) is 5.08. The van der Waals surface area contributed by atoms with Crippen LogP contribution in [0.1, 0.15) is 52.4 Å². The molecule has 2 aliphatic rings. The van der Waals surface area contributed by atoms with E-state index in [2.05, 4.69) is 12.2 Å². The molecule has 0 atom stereocenters. The largest absolute Gasteiger partial charge is 0.450 e. The van der Waals surface area contributed by atoms with Crippen LogP contribution in [-0.4, -0.2) is 43.3 Å². The van der Waals surface area contributed by atoms with E-state index >= 15 is 0 Å². The Balaban J connectivity index is 1.65.